The molecule has 0 atom stereocenters. The summed E-state index contributed by atoms with van der Waals surface area (Å²) in [6.07, 6.45) is 3.45. The van der Waals surface area contributed by atoms with Crippen molar-refractivity contribution in [2.24, 2.45) is 0 Å². The fourth-order valence-electron chi connectivity index (χ4n) is 2.17. The molecule has 1 fully saturated rings. The molecule has 90 valence electrons. The average Bonchev–Trinajstić information content (AvgIpc) is 2.32. The Morgan fingerprint density at radius 1 is 1.29 bits per heavy atom. The van der Waals surface area contributed by atoms with Crippen LogP contribution in [0.5, 0.6) is 0 Å². The molecular formula is C13H15BrN2O. The molecule has 0 aliphatic heterocycles. The Bertz CT molecular complexity index is 434. The number of rotatable bonds is 2. The van der Waals surface area contributed by atoms with Crippen LogP contribution in [0.3, 0.4) is 0 Å². The monoisotopic (exact) mass is 294 g/mol. The van der Waals surface area contributed by atoms with Gasteiger partial charge in [0, 0.05) is 10.5 Å². The van der Waals surface area contributed by atoms with E-state index in [4.69, 9.17) is 5.26 Å². The van der Waals surface area contributed by atoms with Gasteiger partial charge < -0.3 is 10.4 Å². The summed E-state index contributed by atoms with van der Waals surface area (Å²) >= 11 is 3.41. The minimum absolute atomic E-state index is 0.147. The predicted molar refractivity (Wildman–Crippen MR) is 70.7 cm³/mol. The van der Waals surface area contributed by atoms with E-state index in [1.165, 1.54) is 0 Å². The van der Waals surface area contributed by atoms with Crippen molar-refractivity contribution in [2.45, 2.75) is 37.8 Å². The van der Waals surface area contributed by atoms with E-state index in [1.807, 2.05) is 18.2 Å². The quantitative estimate of drug-likeness (QED) is 0.881. The molecule has 3 nitrogen and oxygen atoms in total. The summed E-state index contributed by atoms with van der Waals surface area (Å²) in [5.74, 6) is 0. The topological polar surface area (TPSA) is 56.0 Å². The lowest BCUT2D eigenvalue weighted by Gasteiger charge is -2.27. The number of benzene rings is 1. The third-order valence-corrected chi connectivity index (χ3v) is 3.65. The molecule has 17 heavy (non-hydrogen) atoms. The van der Waals surface area contributed by atoms with E-state index in [1.54, 1.807) is 0 Å². The Balaban J connectivity index is 2.08. The second-order valence-corrected chi connectivity index (χ2v) is 5.37. The highest BCUT2D eigenvalue weighted by Crippen LogP contribution is 2.26. The van der Waals surface area contributed by atoms with Crippen molar-refractivity contribution in [3.8, 4) is 6.07 Å². The zero-order chi connectivity index (χ0) is 12.3. The summed E-state index contributed by atoms with van der Waals surface area (Å²) in [5, 5.41) is 21.9. The molecule has 0 aromatic heterocycles. The highest BCUT2D eigenvalue weighted by molar-refractivity contribution is 9.10. The van der Waals surface area contributed by atoms with Crippen LogP contribution in [-0.2, 0) is 0 Å². The van der Waals surface area contributed by atoms with Gasteiger partial charge in [-0.25, -0.2) is 0 Å². The third kappa shape index (κ3) is 3.21. The van der Waals surface area contributed by atoms with E-state index in [0.29, 0.717) is 11.6 Å². The van der Waals surface area contributed by atoms with Gasteiger partial charge in [0.2, 0.25) is 0 Å². The fourth-order valence-corrected chi connectivity index (χ4v) is 2.53. The Morgan fingerprint density at radius 3 is 2.65 bits per heavy atom. The summed E-state index contributed by atoms with van der Waals surface area (Å²) in [5.41, 5.74) is 1.54. The highest BCUT2D eigenvalue weighted by Gasteiger charge is 2.19. The summed E-state index contributed by atoms with van der Waals surface area (Å²) < 4.78 is 0.967. The van der Waals surface area contributed by atoms with Crippen LogP contribution in [0.2, 0.25) is 0 Å². The molecule has 4 heteroatoms. The molecular weight excluding hydrogens is 280 g/mol. The summed E-state index contributed by atoms with van der Waals surface area (Å²) in [6.45, 7) is 0. The Kier molecular flexibility index (Phi) is 4.03. The first kappa shape index (κ1) is 12.4. The molecule has 1 aromatic carbocycles. The SMILES string of the molecule is N#Cc1ccc(Br)cc1N[C@H]1CC[C@H](O)CC1. The second-order valence-electron chi connectivity index (χ2n) is 4.45. The Morgan fingerprint density at radius 2 is 2.00 bits per heavy atom. The molecule has 0 amide bonds. The van der Waals surface area contributed by atoms with E-state index in [2.05, 4.69) is 27.3 Å². The molecule has 2 rings (SSSR count). The summed E-state index contributed by atoms with van der Waals surface area (Å²) in [7, 11) is 0. The van der Waals surface area contributed by atoms with Gasteiger partial charge in [0.05, 0.1) is 17.4 Å². The van der Waals surface area contributed by atoms with Crippen LogP contribution in [0, 0.1) is 11.3 Å². The van der Waals surface area contributed by atoms with Crippen LogP contribution in [0.1, 0.15) is 31.2 Å². The fraction of sp³-hybridized carbons (Fsp3) is 0.462. The molecule has 2 N–H and O–H groups in total. The molecule has 1 aromatic rings. The van der Waals surface area contributed by atoms with E-state index in [-0.39, 0.29) is 6.10 Å². The number of halogens is 1. The van der Waals surface area contributed by atoms with Gasteiger partial charge in [-0.3, -0.25) is 0 Å². The molecule has 0 spiro atoms. The lowest BCUT2D eigenvalue weighted by atomic mass is 9.93. The van der Waals surface area contributed by atoms with Crippen LogP contribution in [0.25, 0.3) is 0 Å². The van der Waals surface area contributed by atoms with E-state index in [9.17, 15) is 5.11 Å². The maximum absolute atomic E-state index is 9.45. The number of nitrogens with one attached hydrogen (secondary N) is 1. The lowest BCUT2D eigenvalue weighted by molar-refractivity contribution is 0.126. The van der Waals surface area contributed by atoms with Crippen LogP contribution >= 0.6 is 15.9 Å². The number of nitriles is 1. The molecule has 0 radical (unpaired) electrons. The van der Waals surface area contributed by atoms with Crippen molar-refractivity contribution in [1.82, 2.24) is 0 Å². The largest absolute Gasteiger partial charge is 0.393 e. The molecule has 0 saturated heterocycles. The first-order valence-corrected chi connectivity index (χ1v) is 6.62. The van der Waals surface area contributed by atoms with Crippen LogP contribution in [0.4, 0.5) is 5.69 Å². The normalized spacial score (nSPS) is 24.1. The molecule has 0 unspecified atom stereocenters. The van der Waals surface area contributed by atoms with Gasteiger partial charge in [0.1, 0.15) is 6.07 Å². The molecule has 0 heterocycles. The first-order chi connectivity index (χ1) is 8.19. The van der Waals surface area contributed by atoms with Gasteiger partial charge in [0.25, 0.3) is 0 Å². The van der Waals surface area contributed by atoms with Gasteiger partial charge in [-0.05, 0) is 43.9 Å². The van der Waals surface area contributed by atoms with Crippen molar-refractivity contribution in [1.29, 1.82) is 5.26 Å². The molecule has 1 aliphatic rings. The van der Waals surface area contributed by atoms with E-state index < -0.39 is 0 Å². The van der Waals surface area contributed by atoms with Crippen molar-refractivity contribution >= 4 is 21.6 Å². The van der Waals surface area contributed by atoms with E-state index in [0.717, 1.165) is 35.8 Å². The van der Waals surface area contributed by atoms with Crippen LogP contribution in [0.15, 0.2) is 22.7 Å². The smallest absolute Gasteiger partial charge is 0.101 e. The minimum Gasteiger partial charge on any atom is -0.393 e. The van der Waals surface area contributed by atoms with Gasteiger partial charge in [-0.15, -0.1) is 0 Å². The zero-order valence-corrected chi connectivity index (χ0v) is 11.1. The second kappa shape index (κ2) is 5.52. The van der Waals surface area contributed by atoms with Gasteiger partial charge in [-0.2, -0.15) is 5.26 Å². The van der Waals surface area contributed by atoms with Crippen molar-refractivity contribution in [2.75, 3.05) is 5.32 Å². The highest BCUT2D eigenvalue weighted by atomic mass is 79.9. The number of aliphatic hydroxyl groups excluding tert-OH is 1. The lowest BCUT2D eigenvalue weighted by Crippen LogP contribution is -2.28. The predicted octanol–water partition coefficient (Wildman–Crippen LogP) is 3.04. The summed E-state index contributed by atoms with van der Waals surface area (Å²) in [4.78, 5) is 0. The maximum Gasteiger partial charge on any atom is 0.101 e. The first-order valence-electron chi connectivity index (χ1n) is 5.83. The summed E-state index contributed by atoms with van der Waals surface area (Å²) in [6, 6.07) is 8.16. The minimum atomic E-state index is -0.147. The number of hydrogen-bond donors (Lipinski definition) is 2. The van der Waals surface area contributed by atoms with Gasteiger partial charge >= 0.3 is 0 Å². The Labute approximate surface area is 110 Å². The van der Waals surface area contributed by atoms with Gasteiger partial charge in [0.15, 0.2) is 0 Å². The average molecular weight is 295 g/mol. The Hall–Kier alpha value is -1.05. The number of hydrogen-bond acceptors (Lipinski definition) is 3. The van der Waals surface area contributed by atoms with Crippen molar-refractivity contribution in [3.63, 3.8) is 0 Å². The van der Waals surface area contributed by atoms with Crippen molar-refractivity contribution in [3.05, 3.63) is 28.2 Å². The molecule has 0 bridgehead atoms. The standard InChI is InChI=1S/C13H15BrN2O/c14-10-2-1-9(8-15)13(7-10)16-11-3-5-12(17)6-4-11/h1-2,7,11-12,16-17H,3-6H2/t11-,12-. The third-order valence-electron chi connectivity index (χ3n) is 3.16. The van der Waals surface area contributed by atoms with E-state index >= 15 is 0 Å². The van der Waals surface area contributed by atoms with Crippen LogP contribution in [-0.4, -0.2) is 17.3 Å². The van der Waals surface area contributed by atoms with Gasteiger partial charge in [-0.1, -0.05) is 15.9 Å². The van der Waals surface area contributed by atoms with Crippen LogP contribution < -0.4 is 5.32 Å². The number of anilines is 1. The molecule has 1 saturated carbocycles. The maximum atomic E-state index is 9.45. The number of aliphatic hydroxyl groups is 1. The van der Waals surface area contributed by atoms with Crippen molar-refractivity contribution < 1.29 is 5.11 Å². The molecule has 1 aliphatic carbocycles. The number of nitrogens with zero attached hydrogens (tertiary/aromatic N) is 1. The zero-order valence-electron chi connectivity index (χ0n) is 9.49.